The van der Waals surface area contributed by atoms with Gasteiger partial charge in [-0.2, -0.15) is 0 Å². The van der Waals surface area contributed by atoms with E-state index < -0.39 is 10.0 Å². The van der Waals surface area contributed by atoms with E-state index in [1.807, 2.05) is 20.0 Å². The van der Waals surface area contributed by atoms with E-state index in [1.165, 1.54) is 0 Å². The highest BCUT2D eigenvalue weighted by atomic mass is 32.2. The molecule has 0 bridgehead atoms. The van der Waals surface area contributed by atoms with Gasteiger partial charge in [-0.1, -0.05) is 6.07 Å². The molecule has 0 amide bonds. The minimum atomic E-state index is -3.39. The molecule has 1 aromatic rings. The fourth-order valence-corrected chi connectivity index (χ4v) is 2.88. The highest BCUT2D eigenvalue weighted by molar-refractivity contribution is 7.89. The fourth-order valence-electron chi connectivity index (χ4n) is 1.57. The van der Waals surface area contributed by atoms with Gasteiger partial charge in [-0.15, -0.1) is 0 Å². The van der Waals surface area contributed by atoms with E-state index in [1.54, 1.807) is 26.0 Å². The van der Waals surface area contributed by atoms with Gasteiger partial charge < -0.3 is 5.32 Å². The van der Waals surface area contributed by atoms with E-state index in [2.05, 4.69) is 10.0 Å². The van der Waals surface area contributed by atoms with Gasteiger partial charge in [-0.05, 0) is 51.1 Å². The molecule has 0 heterocycles. The Balaban J connectivity index is 3.11. The second-order valence-electron chi connectivity index (χ2n) is 4.39. The van der Waals surface area contributed by atoms with Crippen molar-refractivity contribution in [2.24, 2.45) is 0 Å². The molecule has 4 nitrogen and oxygen atoms in total. The van der Waals surface area contributed by atoms with Crippen LogP contribution in [0.2, 0.25) is 0 Å². The summed E-state index contributed by atoms with van der Waals surface area (Å²) >= 11 is 0. The summed E-state index contributed by atoms with van der Waals surface area (Å²) in [5, 5.41) is 3.03. The smallest absolute Gasteiger partial charge is 0.240 e. The summed E-state index contributed by atoms with van der Waals surface area (Å²) < 4.78 is 26.5. The Morgan fingerprint density at radius 2 is 1.94 bits per heavy atom. The molecule has 0 aliphatic heterocycles. The number of hydrogen-bond donors (Lipinski definition) is 2. The molecule has 0 saturated heterocycles. The largest absolute Gasteiger partial charge is 0.316 e. The van der Waals surface area contributed by atoms with Crippen molar-refractivity contribution in [3.8, 4) is 0 Å². The first-order valence-electron chi connectivity index (χ1n) is 5.63. The molecule has 96 valence electrons. The minimum Gasteiger partial charge on any atom is -0.316 e. The third-order valence-corrected chi connectivity index (χ3v) is 4.05. The van der Waals surface area contributed by atoms with Crippen molar-refractivity contribution in [3.63, 3.8) is 0 Å². The molecule has 0 aliphatic rings. The van der Waals surface area contributed by atoms with Crippen LogP contribution in [0, 0.1) is 6.92 Å². The second kappa shape index (κ2) is 5.62. The lowest BCUT2D eigenvalue weighted by Gasteiger charge is -2.12. The first kappa shape index (κ1) is 14.2. The SMILES string of the molecule is CNCc1cc(S(=O)(=O)NC(C)C)ccc1C. The summed E-state index contributed by atoms with van der Waals surface area (Å²) in [4.78, 5) is 0.321. The number of benzene rings is 1. The zero-order valence-electron chi connectivity index (χ0n) is 10.7. The van der Waals surface area contributed by atoms with Gasteiger partial charge in [0.25, 0.3) is 0 Å². The zero-order valence-corrected chi connectivity index (χ0v) is 11.6. The zero-order chi connectivity index (χ0) is 13.1. The van der Waals surface area contributed by atoms with E-state index in [4.69, 9.17) is 0 Å². The molecule has 0 unspecified atom stereocenters. The van der Waals surface area contributed by atoms with Crippen LogP contribution in [-0.4, -0.2) is 21.5 Å². The summed E-state index contributed by atoms with van der Waals surface area (Å²) in [5.41, 5.74) is 2.09. The lowest BCUT2D eigenvalue weighted by molar-refractivity contribution is 0.569. The maximum atomic E-state index is 12.0. The quantitative estimate of drug-likeness (QED) is 0.837. The Morgan fingerprint density at radius 1 is 1.29 bits per heavy atom. The Labute approximate surface area is 103 Å². The van der Waals surface area contributed by atoms with Crippen molar-refractivity contribution in [1.29, 1.82) is 0 Å². The maximum Gasteiger partial charge on any atom is 0.240 e. The van der Waals surface area contributed by atoms with Gasteiger partial charge in [-0.25, -0.2) is 13.1 Å². The number of aryl methyl sites for hydroxylation is 1. The minimum absolute atomic E-state index is 0.103. The second-order valence-corrected chi connectivity index (χ2v) is 6.11. The van der Waals surface area contributed by atoms with E-state index >= 15 is 0 Å². The molecule has 0 aromatic heterocycles. The highest BCUT2D eigenvalue weighted by Gasteiger charge is 2.16. The molecular weight excluding hydrogens is 236 g/mol. The summed E-state index contributed by atoms with van der Waals surface area (Å²) in [7, 11) is -1.55. The predicted molar refractivity (Wildman–Crippen MR) is 69.4 cm³/mol. The topological polar surface area (TPSA) is 58.2 Å². The molecule has 5 heteroatoms. The Bertz CT molecular complexity index is 481. The van der Waals surface area contributed by atoms with E-state index in [0.29, 0.717) is 11.4 Å². The van der Waals surface area contributed by atoms with Crippen LogP contribution in [0.1, 0.15) is 25.0 Å². The van der Waals surface area contributed by atoms with Gasteiger partial charge >= 0.3 is 0 Å². The van der Waals surface area contributed by atoms with Gasteiger partial charge in [0, 0.05) is 12.6 Å². The van der Waals surface area contributed by atoms with E-state index in [9.17, 15) is 8.42 Å². The maximum absolute atomic E-state index is 12.0. The molecule has 17 heavy (non-hydrogen) atoms. The summed E-state index contributed by atoms with van der Waals surface area (Å²) in [5.74, 6) is 0. The van der Waals surface area contributed by atoms with Crippen LogP contribution >= 0.6 is 0 Å². The van der Waals surface area contributed by atoms with Crippen LogP contribution in [0.25, 0.3) is 0 Å². The Kier molecular flexibility index (Phi) is 4.68. The molecular formula is C12H20N2O2S. The fraction of sp³-hybridized carbons (Fsp3) is 0.500. The average molecular weight is 256 g/mol. The normalized spacial score (nSPS) is 12.1. The van der Waals surface area contributed by atoms with Crippen LogP contribution in [0.5, 0.6) is 0 Å². The standard InChI is InChI=1S/C12H20N2O2S/c1-9(2)14-17(15,16)12-6-5-10(3)11(7-12)8-13-4/h5-7,9,13-14H,8H2,1-4H3. The highest BCUT2D eigenvalue weighted by Crippen LogP contribution is 2.15. The van der Waals surface area contributed by atoms with Gasteiger partial charge in [0.05, 0.1) is 4.90 Å². The molecule has 1 rings (SSSR count). The van der Waals surface area contributed by atoms with Crippen molar-refractivity contribution in [1.82, 2.24) is 10.0 Å². The van der Waals surface area contributed by atoms with Crippen LogP contribution in [0.15, 0.2) is 23.1 Å². The van der Waals surface area contributed by atoms with Crippen LogP contribution in [0.4, 0.5) is 0 Å². The number of nitrogens with one attached hydrogen (secondary N) is 2. The molecule has 2 N–H and O–H groups in total. The lowest BCUT2D eigenvalue weighted by Crippen LogP contribution is -2.30. The van der Waals surface area contributed by atoms with Gasteiger partial charge in [0.15, 0.2) is 0 Å². The van der Waals surface area contributed by atoms with Crippen molar-refractivity contribution in [2.75, 3.05) is 7.05 Å². The third kappa shape index (κ3) is 3.80. The molecule has 0 saturated carbocycles. The van der Waals surface area contributed by atoms with E-state index in [0.717, 1.165) is 11.1 Å². The van der Waals surface area contributed by atoms with Crippen molar-refractivity contribution in [2.45, 2.75) is 38.3 Å². The van der Waals surface area contributed by atoms with E-state index in [-0.39, 0.29) is 6.04 Å². The van der Waals surface area contributed by atoms with Gasteiger partial charge in [0.1, 0.15) is 0 Å². The van der Waals surface area contributed by atoms with Crippen LogP contribution in [0.3, 0.4) is 0 Å². The summed E-state index contributed by atoms with van der Waals surface area (Å²) in [6.45, 7) is 6.25. The monoisotopic (exact) mass is 256 g/mol. The molecule has 1 aromatic carbocycles. The lowest BCUT2D eigenvalue weighted by atomic mass is 10.1. The molecule has 0 spiro atoms. The molecule has 0 atom stereocenters. The summed E-state index contributed by atoms with van der Waals surface area (Å²) in [6, 6.07) is 5.09. The van der Waals surface area contributed by atoms with Gasteiger partial charge in [0.2, 0.25) is 10.0 Å². The van der Waals surface area contributed by atoms with Crippen molar-refractivity contribution < 1.29 is 8.42 Å². The number of rotatable bonds is 5. The van der Waals surface area contributed by atoms with Crippen LogP contribution in [-0.2, 0) is 16.6 Å². The van der Waals surface area contributed by atoms with Crippen molar-refractivity contribution in [3.05, 3.63) is 29.3 Å². The van der Waals surface area contributed by atoms with Crippen LogP contribution < -0.4 is 10.0 Å². The number of hydrogen-bond acceptors (Lipinski definition) is 3. The summed E-state index contributed by atoms with van der Waals surface area (Å²) in [6.07, 6.45) is 0. The predicted octanol–water partition coefficient (Wildman–Crippen LogP) is 1.40. The van der Waals surface area contributed by atoms with Crippen molar-refractivity contribution >= 4 is 10.0 Å². The molecule has 0 radical (unpaired) electrons. The Morgan fingerprint density at radius 3 is 2.47 bits per heavy atom. The average Bonchev–Trinajstić information content (AvgIpc) is 2.19. The first-order chi connectivity index (χ1) is 7.86. The molecule has 0 aliphatic carbocycles. The molecule has 0 fully saturated rings. The Hall–Kier alpha value is -0.910. The number of sulfonamides is 1. The first-order valence-corrected chi connectivity index (χ1v) is 7.11. The van der Waals surface area contributed by atoms with Gasteiger partial charge in [-0.3, -0.25) is 0 Å². The third-order valence-electron chi connectivity index (χ3n) is 2.39.